The van der Waals surface area contributed by atoms with Gasteiger partial charge in [-0.15, -0.1) is 0 Å². The zero-order valence-corrected chi connectivity index (χ0v) is 24.2. The van der Waals surface area contributed by atoms with Gasteiger partial charge in [-0.3, -0.25) is 9.98 Å². The summed E-state index contributed by atoms with van der Waals surface area (Å²) in [5.41, 5.74) is 12.3. The highest BCUT2D eigenvalue weighted by molar-refractivity contribution is 6.09. The average molecular weight is 556 g/mol. The second-order valence-electron chi connectivity index (χ2n) is 11.3. The fraction of sp³-hybridized carbons (Fsp3) is 0.100. The topological polar surface area (TPSA) is 37.3 Å². The molecule has 1 atom stereocenters. The van der Waals surface area contributed by atoms with Crippen LogP contribution < -0.4 is 5.32 Å². The molecule has 208 valence electrons. The molecule has 0 radical (unpaired) electrons. The summed E-state index contributed by atoms with van der Waals surface area (Å²) in [4.78, 5) is 9.37. The summed E-state index contributed by atoms with van der Waals surface area (Å²) in [6, 6.07) is 39.3. The highest BCUT2D eigenvalue weighted by atomic mass is 14.9. The first kappa shape index (κ1) is 26.6. The van der Waals surface area contributed by atoms with Crippen molar-refractivity contribution in [2.45, 2.75) is 18.9 Å². The molecule has 0 aliphatic carbocycles. The summed E-state index contributed by atoms with van der Waals surface area (Å²) in [5, 5.41) is 3.53. The van der Waals surface area contributed by atoms with Crippen LogP contribution in [0.3, 0.4) is 0 Å². The molecule has 2 aliphatic rings. The summed E-state index contributed by atoms with van der Waals surface area (Å²) in [6.45, 7) is 3.06. The van der Waals surface area contributed by atoms with Gasteiger partial charge in [-0.25, -0.2) is 0 Å². The van der Waals surface area contributed by atoms with Crippen LogP contribution in [0.15, 0.2) is 157 Å². The Labute approximate surface area is 253 Å². The Hall–Kier alpha value is -5.28. The van der Waals surface area contributed by atoms with Crippen molar-refractivity contribution in [3.8, 4) is 44.6 Å². The fourth-order valence-corrected chi connectivity index (χ4v) is 5.85. The maximum absolute atomic E-state index is 4.77. The van der Waals surface area contributed by atoms with E-state index < -0.39 is 0 Å². The number of allylic oxidation sites excluding steroid dienone is 3. The molecule has 3 heterocycles. The van der Waals surface area contributed by atoms with Gasteiger partial charge in [0.2, 0.25) is 0 Å². The van der Waals surface area contributed by atoms with E-state index in [1.54, 1.807) is 0 Å². The van der Waals surface area contributed by atoms with Gasteiger partial charge in [0.1, 0.15) is 0 Å². The fourth-order valence-electron chi connectivity index (χ4n) is 5.85. The van der Waals surface area contributed by atoms with Crippen molar-refractivity contribution in [3.63, 3.8) is 0 Å². The third-order valence-corrected chi connectivity index (χ3v) is 8.25. The van der Waals surface area contributed by atoms with Crippen molar-refractivity contribution in [2.24, 2.45) is 4.99 Å². The van der Waals surface area contributed by atoms with Crippen molar-refractivity contribution in [1.29, 1.82) is 0 Å². The molecule has 5 aromatic rings. The molecule has 3 nitrogen and oxygen atoms in total. The van der Waals surface area contributed by atoms with E-state index >= 15 is 0 Å². The number of nitrogens with zero attached hydrogens (tertiary/aromatic N) is 2. The normalized spacial score (nSPS) is 17.4. The summed E-state index contributed by atoms with van der Waals surface area (Å²) >= 11 is 0. The van der Waals surface area contributed by atoms with Crippen molar-refractivity contribution >= 4 is 5.71 Å². The molecule has 4 aromatic carbocycles. The first-order chi connectivity index (χ1) is 21.1. The molecule has 43 heavy (non-hydrogen) atoms. The highest BCUT2D eigenvalue weighted by Gasteiger charge is 2.23. The second kappa shape index (κ2) is 11.5. The number of aromatic nitrogens is 1. The van der Waals surface area contributed by atoms with Crippen LogP contribution in [0, 0.1) is 0 Å². The standard InChI is InChI=1S/C40H33N3/c1-40(19-4-7-22-43-40)37-16-10-13-31(28-37)36-26-34(29-11-8-14-32(23-29)38-17-2-5-20-41-38)25-35(27-36)30-12-9-15-33(24-30)39-18-3-6-21-42-39/h2-5,7-20,22-28,43H,6,21H2,1H3. The molecule has 0 amide bonds. The molecular formula is C40H33N3. The number of nitrogens with one attached hydrogen (secondary N) is 1. The van der Waals surface area contributed by atoms with Crippen LogP contribution in [0.1, 0.15) is 24.5 Å². The number of hydrogen-bond donors (Lipinski definition) is 1. The van der Waals surface area contributed by atoms with Gasteiger partial charge in [0.15, 0.2) is 0 Å². The lowest BCUT2D eigenvalue weighted by Crippen LogP contribution is -2.35. The average Bonchev–Trinajstić information content (AvgIpc) is 3.09. The molecule has 3 heteroatoms. The predicted molar refractivity (Wildman–Crippen MR) is 180 cm³/mol. The first-order valence-corrected chi connectivity index (χ1v) is 14.9. The summed E-state index contributed by atoms with van der Waals surface area (Å²) in [6.07, 6.45) is 15.6. The largest absolute Gasteiger partial charge is 0.378 e. The van der Waals surface area contributed by atoms with E-state index in [-0.39, 0.29) is 5.54 Å². The maximum Gasteiger partial charge on any atom is 0.0779 e. The zero-order valence-electron chi connectivity index (χ0n) is 24.2. The van der Waals surface area contributed by atoms with Crippen LogP contribution in [0.5, 0.6) is 0 Å². The minimum absolute atomic E-state index is 0.259. The quantitative estimate of drug-likeness (QED) is 0.227. The van der Waals surface area contributed by atoms with Gasteiger partial charge in [0.25, 0.3) is 0 Å². The number of pyridine rings is 1. The molecule has 0 bridgehead atoms. The monoisotopic (exact) mass is 555 g/mol. The highest BCUT2D eigenvalue weighted by Crippen LogP contribution is 2.36. The number of rotatable bonds is 6. The van der Waals surface area contributed by atoms with Crippen LogP contribution in [0.2, 0.25) is 0 Å². The van der Waals surface area contributed by atoms with Crippen molar-refractivity contribution in [3.05, 3.63) is 163 Å². The number of dihydropyridines is 2. The van der Waals surface area contributed by atoms with E-state index in [0.29, 0.717) is 0 Å². The summed E-state index contributed by atoms with van der Waals surface area (Å²) in [5.74, 6) is 0. The van der Waals surface area contributed by atoms with Crippen LogP contribution in [0.25, 0.3) is 44.6 Å². The molecule has 2 aliphatic heterocycles. The Morgan fingerprint density at radius 3 is 1.93 bits per heavy atom. The minimum Gasteiger partial charge on any atom is -0.378 e. The lowest BCUT2D eigenvalue weighted by Gasteiger charge is -2.29. The van der Waals surface area contributed by atoms with Gasteiger partial charge in [0, 0.05) is 23.9 Å². The Bertz CT molecular complexity index is 1910. The molecule has 7 rings (SSSR count). The van der Waals surface area contributed by atoms with Crippen molar-refractivity contribution < 1.29 is 0 Å². The molecule has 1 unspecified atom stereocenters. The Balaban J connectivity index is 1.36. The maximum atomic E-state index is 4.77. The number of benzene rings is 4. The van der Waals surface area contributed by atoms with Crippen molar-refractivity contribution in [2.75, 3.05) is 6.54 Å². The second-order valence-corrected chi connectivity index (χ2v) is 11.3. The van der Waals surface area contributed by atoms with Gasteiger partial charge in [-0.1, -0.05) is 78.9 Å². The van der Waals surface area contributed by atoms with E-state index in [2.05, 4.69) is 139 Å². The molecule has 1 N–H and O–H groups in total. The molecule has 0 saturated heterocycles. The van der Waals surface area contributed by atoms with Gasteiger partial charge in [0.05, 0.1) is 16.9 Å². The van der Waals surface area contributed by atoms with Gasteiger partial charge in [-0.2, -0.15) is 0 Å². The van der Waals surface area contributed by atoms with E-state index in [4.69, 9.17) is 4.99 Å². The van der Waals surface area contributed by atoms with Gasteiger partial charge in [-0.05, 0) is 119 Å². The molecule has 0 spiro atoms. The van der Waals surface area contributed by atoms with Crippen molar-refractivity contribution in [1.82, 2.24) is 10.3 Å². The van der Waals surface area contributed by atoms with Crippen LogP contribution in [0.4, 0.5) is 0 Å². The number of aliphatic imine (C=N–C) groups is 1. The molecule has 0 fully saturated rings. The first-order valence-electron chi connectivity index (χ1n) is 14.9. The van der Waals surface area contributed by atoms with E-state index in [9.17, 15) is 0 Å². The zero-order chi connectivity index (χ0) is 29.1. The van der Waals surface area contributed by atoms with Gasteiger partial charge >= 0.3 is 0 Å². The molecule has 1 aromatic heterocycles. The lowest BCUT2D eigenvalue weighted by atomic mass is 9.87. The smallest absolute Gasteiger partial charge is 0.0779 e. The predicted octanol–water partition coefficient (Wildman–Crippen LogP) is 9.39. The minimum atomic E-state index is -0.259. The SMILES string of the molecule is CC1(c2cccc(-c3cc(-c4cccc(C5=NCCC=C5)c4)cc(-c4cccc(-c5ccccn5)c4)c3)c2)C=CC=CN1. The van der Waals surface area contributed by atoms with Gasteiger partial charge < -0.3 is 5.32 Å². The number of hydrogen-bond acceptors (Lipinski definition) is 3. The van der Waals surface area contributed by atoms with Crippen LogP contribution in [-0.2, 0) is 5.54 Å². The third kappa shape index (κ3) is 5.62. The lowest BCUT2D eigenvalue weighted by molar-refractivity contribution is 0.524. The Morgan fingerprint density at radius 2 is 1.28 bits per heavy atom. The van der Waals surface area contributed by atoms with E-state index in [0.717, 1.165) is 41.1 Å². The molecule has 0 saturated carbocycles. The van der Waals surface area contributed by atoms with Crippen LogP contribution in [-0.4, -0.2) is 17.2 Å². The van der Waals surface area contributed by atoms with Crippen LogP contribution >= 0.6 is 0 Å². The third-order valence-electron chi connectivity index (χ3n) is 8.25. The van der Waals surface area contributed by atoms with E-state index in [1.807, 2.05) is 30.6 Å². The Morgan fingerprint density at radius 1 is 0.628 bits per heavy atom. The Kier molecular flexibility index (Phi) is 7.14. The summed E-state index contributed by atoms with van der Waals surface area (Å²) in [7, 11) is 0. The molecular weight excluding hydrogens is 522 g/mol. The van der Waals surface area contributed by atoms with E-state index in [1.165, 1.54) is 33.4 Å². The summed E-state index contributed by atoms with van der Waals surface area (Å²) < 4.78 is 0.